The highest BCUT2D eigenvalue weighted by molar-refractivity contribution is 14.1. The SMILES string of the molecule is C/C=C/C(=O)OCCCCI. The molecule has 0 aromatic rings. The van der Waals surface area contributed by atoms with Gasteiger partial charge in [-0.25, -0.2) is 4.79 Å². The topological polar surface area (TPSA) is 26.3 Å². The van der Waals surface area contributed by atoms with Crippen molar-refractivity contribution in [2.24, 2.45) is 0 Å². The van der Waals surface area contributed by atoms with Crippen LogP contribution in [0.4, 0.5) is 0 Å². The molecule has 0 saturated carbocycles. The average Bonchev–Trinajstić information content (AvgIpc) is 1.99. The predicted molar refractivity (Wildman–Crippen MR) is 53.9 cm³/mol. The molecule has 0 heterocycles. The van der Waals surface area contributed by atoms with E-state index in [1.807, 2.05) is 0 Å². The molecule has 0 aliphatic carbocycles. The molecule has 0 fully saturated rings. The third-order valence-corrected chi connectivity index (χ3v) is 1.84. The van der Waals surface area contributed by atoms with E-state index < -0.39 is 0 Å². The third kappa shape index (κ3) is 7.84. The summed E-state index contributed by atoms with van der Waals surface area (Å²) in [6.45, 7) is 2.35. The van der Waals surface area contributed by atoms with Crippen molar-refractivity contribution in [2.75, 3.05) is 11.0 Å². The largest absolute Gasteiger partial charge is 0.463 e. The minimum Gasteiger partial charge on any atom is -0.463 e. The van der Waals surface area contributed by atoms with Gasteiger partial charge in [-0.2, -0.15) is 0 Å². The van der Waals surface area contributed by atoms with E-state index in [9.17, 15) is 4.79 Å². The van der Waals surface area contributed by atoms with Crippen LogP contribution in [0.1, 0.15) is 19.8 Å². The Morgan fingerprint density at radius 1 is 1.55 bits per heavy atom. The zero-order chi connectivity index (χ0) is 8.53. The molecular weight excluding hydrogens is 255 g/mol. The average molecular weight is 268 g/mol. The normalized spacial score (nSPS) is 10.4. The van der Waals surface area contributed by atoms with E-state index in [1.54, 1.807) is 13.0 Å². The van der Waals surface area contributed by atoms with Gasteiger partial charge in [0.1, 0.15) is 0 Å². The molecule has 2 nitrogen and oxygen atoms in total. The Labute approximate surface area is 81.1 Å². The number of hydrogen-bond donors (Lipinski definition) is 0. The number of rotatable bonds is 5. The molecule has 0 aliphatic rings. The fourth-order valence-corrected chi connectivity index (χ4v) is 1.09. The molecule has 3 heteroatoms. The summed E-state index contributed by atoms with van der Waals surface area (Å²) in [6.07, 6.45) is 5.20. The van der Waals surface area contributed by atoms with Crippen molar-refractivity contribution in [3.05, 3.63) is 12.2 Å². The highest BCUT2D eigenvalue weighted by Crippen LogP contribution is 1.95. The number of carbonyl (C=O) groups is 1. The van der Waals surface area contributed by atoms with E-state index in [1.165, 1.54) is 6.08 Å². The number of carbonyl (C=O) groups excluding carboxylic acids is 1. The van der Waals surface area contributed by atoms with Gasteiger partial charge in [-0.3, -0.25) is 0 Å². The van der Waals surface area contributed by atoms with Gasteiger partial charge in [0.25, 0.3) is 0 Å². The Morgan fingerprint density at radius 2 is 2.27 bits per heavy atom. The van der Waals surface area contributed by atoms with Crippen LogP contribution >= 0.6 is 22.6 Å². The Kier molecular flexibility index (Phi) is 8.00. The molecule has 0 N–H and O–H groups in total. The molecule has 0 radical (unpaired) electrons. The lowest BCUT2D eigenvalue weighted by molar-refractivity contribution is -0.137. The fourth-order valence-electron chi connectivity index (χ4n) is 0.554. The molecule has 0 aliphatic heterocycles. The van der Waals surface area contributed by atoms with Crippen molar-refractivity contribution in [2.45, 2.75) is 19.8 Å². The van der Waals surface area contributed by atoms with Crippen LogP contribution in [0.5, 0.6) is 0 Å². The molecule has 0 aromatic carbocycles. The van der Waals surface area contributed by atoms with Crippen LogP contribution in [0, 0.1) is 0 Å². The van der Waals surface area contributed by atoms with Crippen molar-refractivity contribution >= 4 is 28.6 Å². The minimum atomic E-state index is -0.235. The van der Waals surface area contributed by atoms with E-state index in [2.05, 4.69) is 22.6 Å². The summed E-state index contributed by atoms with van der Waals surface area (Å²) in [5, 5.41) is 0. The quantitative estimate of drug-likeness (QED) is 0.251. The predicted octanol–water partition coefficient (Wildman–Crippen LogP) is 2.32. The summed E-state index contributed by atoms with van der Waals surface area (Å²) >= 11 is 2.31. The Hall–Kier alpha value is -0.0600. The number of ether oxygens (including phenoxy) is 1. The first-order valence-corrected chi connectivity index (χ1v) is 5.19. The summed E-state index contributed by atoms with van der Waals surface area (Å²) in [5.74, 6) is -0.235. The maximum absolute atomic E-state index is 10.7. The first-order valence-electron chi connectivity index (χ1n) is 3.66. The molecule has 0 atom stereocenters. The summed E-state index contributed by atoms with van der Waals surface area (Å²) in [7, 11) is 0. The van der Waals surface area contributed by atoms with Crippen LogP contribution < -0.4 is 0 Å². The summed E-state index contributed by atoms with van der Waals surface area (Å²) in [6, 6.07) is 0. The molecule has 0 bridgehead atoms. The lowest BCUT2D eigenvalue weighted by Gasteiger charge is -1.98. The highest BCUT2D eigenvalue weighted by atomic mass is 127. The van der Waals surface area contributed by atoms with Crippen molar-refractivity contribution in [1.82, 2.24) is 0 Å². The molecule has 0 rings (SSSR count). The third-order valence-electron chi connectivity index (χ3n) is 1.08. The Bertz CT molecular complexity index is 132. The van der Waals surface area contributed by atoms with Gasteiger partial charge in [-0.1, -0.05) is 28.7 Å². The number of unbranched alkanes of at least 4 members (excludes halogenated alkanes) is 1. The van der Waals surface area contributed by atoms with Crippen LogP contribution in [0.25, 0.3) is 0 Å². The van der Waals surface area contributed by atoms with Crippen molar-refractivity contribution < 1.29 is 9.53 Å². The number of allylic oxidation sites excluding steroid dienone is 1. The lowest BCUT2D eigenvalue weighted by atomic mass is 10.4. The van der Waals surface area contributed by atoms with Gasteiger partial charge in [0, 0.05) is 6.08 Å². The Morgan fingerprint density at radius 3 is 2.82 bits per heavy atom. The second-order valence-electron chi connectivity index (χ2n) is 2.06. The van der Waals surface area contributed by atoms with Gasteiger partial charge in [0.15, 0.2) is 0 Å². The highest BCUT2D eigenvalue weighted by Gasteiger charge is 1.93. The first kappa shape index (κ1) is 10.9. The zero-order valence-electron chi connectivity index (χ0n) is 6.68. The van der Waals surface area contributed by atoms with Crippen molar-refractivity contribution in [3.8, 4) is 0 Å². The van der Waals surface area contributed by atoms with Gasteiger partial charge in [0.2, 0.25) is 0 Å². The molecule has 11 heavy (non-hydrogen) atoms. The van der Waals surface area contributed by atoms with E-state index in [0.717, 1.165) is 17.3 Å². The fraction of sp³-hybridized carbons (Fsp3) is 0.625. The Balaban J connectivity index is 3.17. The van der Waals surface area contributed by atoms with Gasteiger partial charge in [-0.15, -0.1) is 0 Å². The summed E-state index contributed by atoms with van der Waals surface area (Å²) in [5.41, 5.74) is 0. The molecule has 64 valence electrons. The molecule has 0 spiro atoms. The van der Waals surface area contributed by atoms with Crippen LogP contribution in [0.15, 0.2) is 12.2 Å². The number of esters is 1. The van der Waals surface area contributed by atoms with Crippen molar-refractivity contribution in [3.63, 3.8) is 0 Å². The first-order chi connectivity index (χ1) is 5.31. The maximum Gasteiger partial charge on any atom is 0.330 e. The second kappa shape index (κ2) is 8.04. The number of halogens is 1. The summed E-state index contributed by atoms with van der Waals surface area (Å²) in [4.78, 5) is 10.7. The van der Waals surface area contributed by atoms with E-state index in [0.29, 0.717) is 6.61 Å². The number of hydrogen-bond acceptors (Lipinski definition) is 2. The molecule has 0 aromatic heterocycles. The molecule has 0 unspecified atom stereocenters. The minimum absolute atomic E-state index is 0.235. The van der Waals surface area contributed by atoms with Crippen LogP contribution in [0.2, 0.25) is 0 Å². The smallest absolute Gasteiger partial charge is 0.330 e. The van der Waals surface area contributed by atoms with Gasteiger partial charge in [-0.05, 0) is 24.2 Å². The molecule has 0 amide bonds. The van der Waals surface area contributed by atoms with E-state index in [4.69, 9.17) is 4.74 Å². The standard InChI is InChI=1S/C8H13IO2/c1-2-5-8(10)11-7-4-3-6-9/h2,5H,3-4,6-7H2,1H3/b5-2+. The molecule has 0 saturated heterocycles. The van der Waals surface area contributed by atoms with Gasteiger partial charge < -0.3 is 4.74 Å². The van der Waals surface area contributed by atoms with E-state index in [-0.39, 0.29) is 5.97 Å². The van der Waals surface area contributed by atoms with Crippen LogP contribution in [-0.2, 0) is 9.53 Å². The van der Waals surface area contributed by atoms with Gasteiger partial charge >= 0.3 is 5.97 Å². The number of alkyl halides is 1. The van der Waals surface area contributed by atoms with Crippen LogP contribution in [-0.4, -0.2) is 17.0 Å². The second-order valence-corrected chi connectivity index (χ2v) is 3.14. The van der Waals surface area contributed by atoms with Crippen LogP contribution in [0.3, 0.4) is 0 Å². The molecular formula is C8H13IO2. The van der Waals surface area contributed by atoms with Crippen molar-refractivity contribution in [1.29, 1.82) is 0 Å². The lowest BCUT2D eigenvalue weighted by Crippen LogP contribution is -2.01. The van der Waals surface area contributed by atoms with Gasteiger partial charge in [0.05, 0.1) is 6.61 Å². The summed E-state index contributed by atoms with van der Waals surface area (Å²) < 4.78 is 5.98. The monoisotopic (exact) mass is 268 g/mol. The maximum atomic E-state index is 10.7. The van der Waals surface area contributed by atoms with E-state index >= 15 is 0 Å². The zero-order valence-corrected chi connectivity index (χ0v) is 8.84.